The number of hydrogen-bond donors (Lipinski definition) is 0. The number of carbonyl (C=O) groups is 1. The highest BCUT2D eigenvalue weighted by Gasteiger charge is 2.34. The fourth-order valence-electron chi connectivity index (χ4n) is 2.99. The lowest BCUT2D eigenvalue weighted by atomic mass is 9.96. The Bertz CT molecular complexity index is 847. The maximum Gasteiger partial charge on any atom is 0.207 e. The number of ketones is 1. The van der Waals surface area contributed by atoms with Crippen LogP contribution in [0.4, 0.5) is 0 Å². The van der Waals surface area contributed by atoms with Crippen molar-refractivity contribution in [2.45, 2.75) is 6.04 Å². The minimum Gasteiger partial charge on any atom is -0.333 e. The van der Waals surface area contributed by atoms with Crippen LogP contribution in [0.2, 0.25) is 0 Å². The molecule has 3 heteroatoms. The van der Waals surface area contributed by atoms with E-state index in [2.05, 4.69) is 17.1 Å². The van der Waals surface area contributed by atoms with Crippen molar-refractivity contribution in [1.82, 2.24) is 9.55 Å². The van der Waals surface area contributed by atoms with Gasteiger partial charge in [-0.15, -0.1) is 0 Å². The van der Waals surface area contributed by atoms with E-state index in [0.29, 0.717) is 0 Å². The van der Waals surface area contributed by atoms with E-state index in [1.165, 1.54) is 0 Å². The number of hydrogen-bond acceptors (Lipinski definition) is 2. The Balaban J connectivity index is 1.88. The van der Waals surface area contributed by atoms with Crippen molar-refractivity contribution in [2.24, 2.45) is 0 Å². The molecule has 0 radical (unpaired) electrons. The van der Waals surface area contributed by atoms with Gasteiger partial charge in [-0.05, 0) is 35.4 Å². The van der Waals surface area contributed by atoms with Gasteiger partial charge in [0, 0.05) is 24.2 Å². The van der Waals surface area contributed by atoms with Crippen molar-refractivity contribution in [3.8, 4) is 0 Å². The SMILES string of the molecule is O=C1/C(=C\c2cccnc2)C(c2ccccc2)n2cccc21. The van der Waals surface area contributed by atoms with Crippen LogP contribution in [-0.2, 0) is 0 Å². The molecule has 0 fully saturated rings. The van der Waals surface area contributed by atoms with Gasteiger partial charge in [-0.25, -0.2) is 0 Å². The van der Waals surface area contributed by atoms with Crippen molar-refractivity contribution >= 4 is 11.9 Å². The molecule has 3 aromatic rings. The lowest BCUT2D eigenvalue weighted by Gasteiger charge is -2.15. The molecule has 1 atom stereocenters. The molecular formula is C19H14N2O. The number of benzene rings is 1. The van der Waals surface area contributed by atoms with Crippen LogP contribution in [0.1, 0.15) is 27.7 Å². The molecule has 22 heavy (non-hydrogen) atoms. The topological polar surface area (TPSA) is 34.9 Å². The zero-order valence-corrected chi connectivity index (χ0v) is 11.9. The average Bonchev–Trinajstić information content (AvgIpc) is 3.13. The Morgan fingerprint density at radius 1 is 1.00 bits per heavy atom. The molecule has 0 aliphatic carbocycles. The van der Waals surface area contributed by atoms with Gasteiger partial charge in [0.2, 0.25) is 5.78 Å². The zero-order chi connectivity index (χ0) is 14.9. The smallest absolute Gasteiger partial charge is 0.207 e. The van der Waals surface area contributed by atoms with Gasteiger partial charge in [-0.1, -0.05) is 36.4 Å². The second-order valence-electron chi connectivity index (χ2n) is 5.33. The van der Waals surface area contributed by atoms with Gasteiger partial charge in [0.1, 0.15) is 0 Å². The number of nitrogens with zero attached hydrogens (tertiary/aromatic N) is 2. The molecule has 1 aliphatic rings. The van der Waals surface area contributed by atoms with E-state index in [9.17, 15) is 4.79 Å². The summed E-state index contributed by atoms with van der Waals surface area (Å²) in [4.78, 5) is 16.9. The Hall–Kier alpha value is -2.94. The summed E-state index contributed by atoms with van der Waals surface area (Å²) >= 11 is 0. The van der Waals surface area contributed by atoms with Crippen molar-refractivity contribution in [3.63, 3.8) is 0 Å². The Morgan fingerprint density at radius 3 is 2.64 bits per heavy atom. The standard InChI is InChI=1S/C19H14N2O/c22-19-16(12-14-6-4-10-20-13-14)18(15-7-2-1-3-8-15)21-11-5-9-17(19)21/h1-13,18H/b16-12-. The van der Waals surface area contributed by atoms with Crippen molar-refractivity contribution < 1.29 is 4.79 Å². The third-order valence-electron chi connectivity index (χ3n) is 3.97. The van der Waals surface area contributed by atoms with E-state index in [4.69, 9.17) is 0 Å². The Kier molecular flexibility index (Phi) is 2.97. The van der Waals surface area contributed by atoms with Gasteiger partial charge < -0.3 is 4.57 Å². The number of Topliss-reactive ketones (excluding diaryl/α,β-unsaturated/α-hetero) is 1. The van der Waals surface area contributed by atoms with Crippen LogP contribution < -0.4 is 0 Å². The molecule has 1 aromatic carbocycles. The van der Waals surface area contributed by atoms with Crippen LogP contribution in [-0.4, -0.2) is 15.3 Å². The summed E-state index contributed by atoms with van der Waals surface area (Å²) < 4.78 is 2.04. The van der Waals surface area contributed by atoms with Crippen LogP contribution in [0.5, 0.6) is 0 Å². The van der Waals surface area contributed by atoms with E-state index < -0.39 is 0 Å². The minimum absolute atomic E-state index is 0.0705. The predicted molar refractivity (Wildman–Crippen MR) is 85.6 cm³/mol. The Morgan fingerprint density at radius 2 is 1.86 bits per heavy atom. The lowest BCUT2D eigenvalue weighted by Crippen LogP contribution is -2.07. The largest absolute Gasteiger partial charge is 0.333 e. The monoisotopic (exact) mass is 286 g/mol. The van der Waals surface area contributed by atoms with Crippen LogP contribution in [0, 0.1) is 0 Å². The molecule has 0 spiro atoms. The van der Waals surface area contributed by atoms with E-state index in [1.807, 2.05) is 59.3 Å². The van der Waals surface area contributed by atoms with Crippen molar-refractivity contribution in [1.29, 1.82) is 0 Å². The van der Waals surface area contributed by atoms with E-state index in [1.54, 1.807) is 12.4 Å². The first-order valence-corrected chi connectivity index (χ1v) is 7.23. The number of pyridine rings is 1. The number of carbonyl (C=O) groups excluding carboxylic acids is 1. The number of fused-ring (bicyclic) bond motifs is 1. The molecule has 0 bridgehead atoms. The zero-order valence-electron chi connectivity index (χ0n) is 11.9. The van der Waals surface area contributed by atoms with Crippen molar-refractivity contribution in [2.75, 3.05) is 0 Å². The molecule has 3 heterocycles. The normalized spacial score (nSPS) is 18.6. The third kappa shape index (κ3) is 1.99. The molecule has 3 nitrogen and oxygen atoms in total. The summed E-state index contributed by atoms with van der Waals surface area (Å²) in [5.74, 6) is 0.0858. The number of rotatable bonds is 2. The number of aromatic nitrogens is 2. The van der Waals surface area contributed by atoms with Gasteiger partial charge in [0.25, 0.3) is 0 Å². The first-order chi connectivity index (χ1) is 10.8. The van der Waals surface area contributed by atoms with Crippen LogP contribution in [0.25, 0.3) is 6.08 Å². The highest BCUT2D eigenvalue weighted by molar-refractivity contribution is 6.13. The highest BCUT2D eigenvalue weighted by Crippen LogP contribution is 2.37. The van der Waals surface area contributed by atoms with E-state index in [-0.39, 0.29) is 11.8 Å². The number of allylic oxidation sites excluding steroid dienone is 1. The maximum absolute atomic E-state index is 12.7. The second kappa shape index (κ2) is 5.11. The van der Waals surface area contributed by atoms with E-state index in [0.717, 1.165) is 22.4 Å². The summed E-state index contributed by atoms with van der Waals surface area (Å²) in [6, 6.07) is 17.7. The van der Waals surface area contributed by atoms with Crippen LogP contribution >= 0.6 is 0 Å². The van der Waals surface area contributed by atoms with Gasteiger partial charge >= 0.3 is 0 Å². The molecule has 1 aliphatic heterocycles. The van der Waals surface area contributed by atoms with E-state index >= 15 is 0 Å². The maximum atomic E-state index is 12.7. The molecule has 0 saturated carbocycles. The molecular weight excluding hydrogens is 272 g/mol. The van der Waals surface area contributed by atoms with Crippen molar-refractivity contribution in [3.05, 3.63) is 95.6 Å². The van der Waals surface area contributed by atoms with Gasteiger partial charge in [0.15, 0.2) is 0 Å². The third-order valence-corrected chi connectivity index (χ3v) is 3.97. The van der Waals surface area contributed by atoms with Gasteiger partial charge in [0.05, 0.1) is 11.7 Å². The predicted octanol–water partition coefficient (Wildman–Crippen LogP) is 3.75. The first-order valence-electron chi connectivity index (χ1n) is 7.23. The van der Waals surface area contributed by atoms with Gasteiger partial charge in [-0.3, -0.25) is 9.78 Å². The average molecular weight is 286 g/mol. The second-order valence-corrected chi connectivity index (χ2v) is 5.33. The highest BCUT2D eigenvalue weighted by atomic mass is 16.1. The van der Waals surface area contributed by atoms with Crippen LogP contribution in [0.3, 0.4) is 0 Å². The molecule has 2 aromatic heterocycles. The Labute approximate surface area is 128 Å². The lowest BCUT2D eigenvalue weighted by molar-refractivity contribution is 0.103. The molecule has 1 unspecified atom stereocenters. The fraction of sp³-hybridized carbons (Fsp3) is 0.0526. The summed E-state index contributed by atoms with van der Waals surface area (Å²) in [6.45, 7) is 0. The summed E-state index contributed by atoms with van der Waals surface area (Å²) in [7, 11) is 0. The van der Waals surface area contributed by atoms with Crippen LogP contribution in [0.15, 0.2) is 78.8 Å². The quantitative estimate of drug-likeness (QED) is 0.672. The summed E-state index contributed by atoms with van der Waals surface area (Å²) in [5, 5.41) is 0. The molecule has 0 amide bonds. The summed E-state index contributed by atoms with van der Waals surface area (Å²) in [5.41, 5.74) is 3.58. The first kappa shape index (κ1) is 12.8. The minimum atomic E-state index is -0.0705. The molecule has 0 N–H and O–H groups in total. The van der Waals surface area contributed by atoms with Gasteiger partial charge in [-0.2, -0.15) is 0 Å². The molecule has 0 saturated heterocycles. The molecule has 106 valence electrons. The fourth-order valence-corrected chi connectivity index (χ4v) is 2.99. The summed E-state index contributed by atoms with van der Waals surface area (Å²) in [6.07, 6.45) is 7.42. The molecule has 4 rings (SSSR count).